The molecule has 2 heterocycles. The van der Waals surface area contributed by atoms with Gasteiger partial charge in [0.2, 0.25) is 0 Å². The first-order valence-corrected chi connectivity index (χ1v) is 4.65. The Labute approximate surface area is 69.2 Å². The van der Waals surface area contributed by atoms with Gasteiger partial charge in [-0.05, 0) is 23.4 Å². The average Bonchev–Trinajstić information content (AvgIpc) is 2.50. The van der Waals surface area contributed by atoms with Gasteiger partial charge in [-0.3, -0.25) is 0 Å². The topological polar surface area (TPSA) is 12.0 Å². The summed E-state index contributed by atoms with van der Waals surface area (Å²) in [5.74, 6) is 0. The Hall–Kier alpha value is -0.410. The maximum Gasteiger partial charge on any atom is 0.109 e. The summed E-state index contributed by atoms with van der Waals surface area (Å²) in [5, 5.41) is 5.18. The number of hydrogen-bond donors (Lipinski definition) is 1. The summed E-state index contributed by atoms with van der Waals surface area (Å²) in [6.07, 6.45) is 1.06. The quantitative estimate of drug-likeness (QED) is 0.680. The highest BCUT2D eigenvalue weighted by molar-refractivity contribution is 7.10. The number of rotatable bonds is 1. The van der Waals surface area contributed by atoms with E-state index in [1.54, 1.807) is 11.3 Å². The van der Waals surface area contributed by atoms with Gasteiger partial charge >= 0.3 is 0 Å². The third-order valence-corrected chi connectivity index (χ3v) is 3.05. The van der Waals surface area contributed by atoms with E-state index < -0.39 is 0 Å². The van der Waals surface area contributed by atoms with Gasteiger partial charge in [0.25, 0.3) is 0 Å². The van der Waals surface area contributed by atoms with Crippen LogP contribution in [-0.4, -0.2) is 13.2 Å². The second-order valence-corrected chi connectivity index (χ2v) is 3.71. The number of hydrogen-bond acceptors (Lipinski definition) is 2. The van der Waals surface area contributed by atoms with E-state index in [9.17, 15) is 4.39 Å². The fourth-order valence-electron chi connectivity index (χ4n) is 1.47. The molecule has 60 valence electrons. The van der Waals surface area contributed by atoms with Gasteiger partial charge in [-0.15, -0.1) is 11.3 Å². The minimum atomic E-state index is -0.288. The van der Waals surface area contributed by atoms with E-state index in [2.05, 4.69) is 5.32 Å². The minimum Gasteiger partial charge on any atom is -0.307 e. The van der Waals surface area contributed by atoms with Crippen LogP contribution in [0.25, 0.3) is 0 Å². The van der Waals surface area contributed by atoms with Gasteiger partial charge < -0.3 is 5.32 Å². The van der Waals surface area contributed by atoms with E-state index in [1.807, 2.05) is 11.4 Å². The standard InChI is InChI=1S/C8H10FNS/c9-5-7-6-2-4-11-8(6)1-3-10-7/h2,4,7,10H,1,3,5H2. The van der Waals surface area contributed by atoms with Crippen molar-refractivity contribution in [2.24, 2.45) is 0 Å². The van der Waals surface area contributed by atoms with Crippen LogP contribution in [0.4, 0.5) is 4.39 Å². The van der Waals surface area contributed by atoms with Gasteiger partial charge in [-0.1, -0.05) is 0 Å². The molecule has 1 unspecified atom stereocenters. The van der Waals surface area contributed by atoms with E-state index in [-0.39, 0.29) is 12.7 Å². The fraction of sp³-hybridized carbons (Fsp3) is 0.500. The number of thiophene rings is 1. The maximum atomic E-state index is 12.4. The smallest absolute Gasteiger partial charge is 0.109 e. The molecular formula is C8H10FNS. The highest BCUT2D eigenvalue weighted by Gasteiger charge is 2.19. The van der Waals surface area contributed by atoms with Crippen molar-refractivity contribution in [2.45, 2.75) is 12.5 Å². The van der Waals surface area contributed by atoms with Crippen LogP contribution in [0.2, 0.25) is 0 Å². The van der Waals surface area contributed by atoms with Crippen LogP contribution in [0, 0.1) is 0 Å². The molecule has 0 spiro atoms. The Balaban J connectivity index is 2.32. The summed E-state index contributed by atoms with van der Waals surface area (Å²) in [6, 6.07) is 1.99. The van der Waals surface area contributed by atoms with Crippen LogP contribution < -0.4 is 5.32 Å². The van der Waals surface area contributed by atoms with Crippen molar-refractivity contribution in [1.82, 2.24) is 5.32 Å². The first-order valence-electron chi connectivity index (χ1n) is 3.77. The SMILES string of the molecule is FCC1NCCc2sccc21. The molecule has 0 aliphatic carbocycles. The van der Waals surface area contributed by atoms with E-state index >= 15 is 0 Å². The van der Waals surface area contributed by atoms with Crippen LogP contribution in [-0.2, 0) is 6.42 Å². The fourth-order valence-corrected chi connectivity index (χ4v) is 2.42. The second-order valence-electron chi connectivity index (χ2n) is 2.71. The lowest BCUT2D eigenvalue weighted by Gasteiger charge is -2.21. The van der Waals surface area contributed by atoms with Gasteiger partial charge in [0.15, 0.2) is 0 Å². The number of alkyl halides is 1. The summed E-state index contributed by atoms with van der Waals surface area (Å²) in [4.78, 5) is 1.35. The Morgan fingerprint density at radius 2 is 2.64 bits per heavy atom. The molecule has 2 rings (SSSR count). The molecular weight excluding hydrogens is 161 g/mol. The molecule has 1 nitrogen and oxygen atoms in total. The van der Waals surface area contributed by atoms with Crippen LogP contribution in [0.3, 0.4) is 0 Å². The average molecular weight is 171 g/mol. The summed E-state index contributed by atoms with van der Waals surface area (Å²) < 4.78 is 12.4. The molecule has 1 atom stereocenters. The Morgan fingerprint density at radius 1 is 1.73 bits per heavy atom. The lowest BCUT2D eigenvalue weighted by molar-refractivity contribution is 0.373. The van der Waals surface area contributed by atoms with Crippen molar-refractivity contribution < 1.29 is 4.39 Å². The summed E-state index contributed by atoms with van der Waals surface area (Å²) in [6.45, 7) is 0.631. The summed E-state index contributed by atoms with van der Waals surface area (Å²) in [7, 11) is 0. The normalized spacial score (nSPS) is 23.2. The first kappa shape index (κ1) is 7.25. The lowest BCUT2D eigenvalue weighted by Crippen LogP contribution is -2.29. The molecule has 1 aliphatic rings. The number of fused-ring (bicyclic) bond motifs is 1. The summed E-state index contributed by atoms with van der Waals surface area (Å²) in [5.41, 5.74) is 1.17. The molecule has 0 saturated heterocycles. The van der Waals surface area contributed by atoms with E-state index in [0.29, 0.717) is 0 Å². The zero-order chi connectivity index (χ0) is 7.68. The van der Waals surface area contributed by atoms with Crippen molar-refractivity contribution in [3.8, 4) is 0 Å². The zero-order valence-electron chi connectivity index (χ0n) is 6.14. The molecule has 11 heavy (non-hydrogen) atoms. The van der Waals surface area contributed by atoms with Gasteiger partial charge in [0.1, 0.15) is 6.67 Å². The van der Waals surface area contributed by atoms with Crippen LogP contribution in [0.1, 0.15) is 16.5 Å². The number of halogens is 1. The molecule has 0 bridgehead atoms. The number of nitrogens with one attached hydrogen (secondary N) is 1. The van der Waals surface area contributed by atoms with Gasteiger partial charge in [-0.25, -0.2) is 4.39 Å². The predicted octanol–water partition coefficient (Wildman–Crippen LogP) is 1.90. The molecule has 3 heteroatoms. The van der Waals surface area contributed by atoms with Crippen LogP contribution in [0.15, 0.2) is 11.4 Å². The van der Waals surface area contributed by atoms with Crippen molar-refractivity contribution >= 4 is 11.3 Å². The van der Waals surface area contributed by atoms with Crippen molar-refractivity contribution in [2.75, 3.05) is 13.2 Å². The lowest BCUT2D eigenvalue weighted by atomic mass is 10.0. The van der Waals surface area contributed by atoms with E-state index in [4.69, 9.17) is 0 Å². The molecule has 0 saturated carbocycles. The van der Waals surface area contributed by atoms with Crippen LogP contribution >= 0.6 is 11.3 Å². The third-order valence-electron chi connectivity index (χ3n) is 2.05. The second kappa shape index (κ2) is 2.91. The van der Waals surface area contributed by atoms with Crippen molar-refractivity contribution in [3.63, 3.8) is 0 Å². The molecule has 1 aromatic rings. The maximum absolute atomic E-state index is 12.4. The van der Waals surface area contributed by atoms with Crippen LogP contribution in [0.5, 0.6) is 0 Å². The highest BCUT2D eigenvalue weighted by atomic mass is 32.1. The zero-order valence-corrected chi connectivity index (χ0v) is 6.96. The van der Waals surface area contributed by atoms with E-state index in [1.165, 1.54) is 10.4 Å². The molecule has 1 N–H and O–H groups in total. The van der Waals surface area contributed by atoms with E-state index in [0.717, 1.165) is 13.0 Å². The molecule has 0 fully saturated rings. The Bertz CT molecular complexity index is 246. The van der Waals surface area contributed by atoms with Gasteiger partial charge in [0.05, 0.1) is 6.04 Å². The highest BCUT2D eigenvalue weighted by Crippen LogP contribution is 2.27. The molecule has 0 aromatic carbocycles. The van der Waals surface area contributed by atoms with Gasteiger partial charge in [-0.2, -0.15) is 0 Å². The molecule has 1 aliphatic heterocycles. The molecule has 1 aromatic heterocycles. The third kappa shape index (κ3) is 1.19. The molecule has 0 amide bonds. The monoisotopic (exact) mass is 171 g/mol. The van der Waals surface area contributed by atoms with Crippen molar-refractivity contribution in [1.29, 1.82) is 0 Å². The molecule has 0 radical (unpaired) electrons. The predicted molar refractivity (Wildman–Crippen MR) is 44.7 cm³/mol. The minimum absolute atomic E-state index is 0.0370. The summed E-state index contributed by atoms with van der Waals surface area (Å²) >= 11 is 1.74. The first-order chi connectivity index (χ1) is 5.42. The van der Waals surface area contributed by atoms with Gasteiger partial charge in [0, 0.05) is 11.4 Å². The largest absolute Gasteiger partial charge is 0.307 e. The van der Waals surface area contributed by atoms with Crippen molar-refractivity contribution in [3.05, 3.63) is 21.9 Å². The Morgan fingerprint density at radius 3 is 3.45 bits per heavy atom. The Kier molecular flexibility index (Phi) is 1.92.